The number of hydrogen-bond acceptors (Lipinski definition) is 3. The lowest BCUT2D eigenvalue weighted by atomic mass is 10.0. The lowest BCUT2D eigenvalue weighted by molar-refractivity contribution is -0.126. The molecule has 2 heterocycles. The first kappa shape index (κ1) is 16.9. The Hall–Kier alpha value is -2.95. The molecule has 2 aromatic rings. The van der Waals surface area contributed by atoms with E-state index >= 15 is 0 Å². The van der Waals surface area contributed by atoms with Crippen LogP contribution >= 0.6 is 0 Å². The van der Waals surface area contributed by atoms with Gasteiger partial charge in [-0.1, -0.05) is 30.3 Å². The van der Waals surface area contributed by atoms with Crippen molar-refractivity contribution in [1.29, 1.82) is 0 Å². The zero-order chi connectivity index (χ0) is 17.5. The number of hydrogen-bond donors (Lipinski definition) is 1. The van der Waals surface area contributed by atoms with E-state index in [0.717, 1.165) is 18.4 Å². The van der Waals surface area contributed by atoms with Gasteiger partial charge in [0, 0.05) is 43.2 Å². The fourth-order valence-electron chi connectivity index (χ4n) is 2.85. The molecule has 25 heavy (non-hydrogen) atoms. The molecule has 1 N–H and O–H groups in total. The molecule has 128 valence electrons. The molecular weight excluding hydrogens is 314 g/mol. The summed E-state index contributed by atoms with van der Waals surface area (Å²) in [5, 5.41) is 3.03. The second-order valence-corrected chi connectivity index (χ2v) is 6.05. The van der Waals surface area contributed by atoms with E-state index in [9.17, 15) is 9.59 Å². The predicted octanol–water partition coefficient (Wildman–Crippen LogP) is 2.52. The molecule has 1 aliphatic heterocycles. The van der Waals surface area contributed by atoms with E-state index < -0.39 is 0 Å². The fourth-order valence-corrected chi connectivity index (χ4v) is 2.85. The molecule has 0 unspecified atom stereocenters. The first-order valence-electron chi connectivity index (χ1n) is 8.45. The van der Waals surface area contributed by atoms with Gasteiger partial charge in [0.05, 0.1) is 0 Å². The molecule has 0 aliphatic carbocycles. The van der Waals surface area contributed by atoms with Gasteiger partial charge in [0.1, 0.15) is 0 Å². The summed E-state index contributed by atoms with van der Waals surface area (Å²) in [6.45, 7) is 1.30. The fraction of sp³-hybridized carbons (Fsp3) is 0.250. The van der Waals surface area contributed by atoms with Gasteiger partial charge >= 0.3 is 0 Å². The minimum Gasteiger partial charge on any atom is -0.349 e. The third-order valence-corrected chi connectivity index (χ3v) is 4.30. The summed E-state index contributed by atoms with van der Waals surface area (Å²) >= 11 is 0. The number of nitrogens with one attached hydrogen (secondary N) is 1. The molecule has 2 amide bonds. The van der Waals surface area contributed by atoms with Crippen LogP contribution in [0.25, 0.3) is 6.08 Å². The van der Waals surface area contributed by atoms with Gasteiger partial charge in [-0.25, -0.2) is 0 Å². The van der Waals surface area contributed by atoms with Crippen molar-refractivity contribution in [2.45, 2.75) is 18.9 Å². The van der Waals surface area contributed by atoms with Crippen LogP contribution in [0.1, 0.15) is 28.8 Å². The molecule has 1 aromatic carbocycles. The van der Waals surface area contributed by atoms with Gasteiger partial charge in [-0.3, -0.25) is 14.6 Å². The highest BCUT2D eigenvalue weighted by molar-refractivity contribution is 5.94. The number of piperidine rings is 1. The zero-order valence-corrected chi connectivity index (χ0v) is 14.0. The Kier molecular flexibility index (Phi) is 5.57. The highest BCUT2D eigenvalue weighted by Crippen LogP contribution is 2.12. The van der Waals surface area contributed by atoms with Crippen molar-refractivity contribution in [1.82, 2.24) is 15.2 Å². The SMILES string of the molecule is O=C(NC1CCN(C(=O)/C=C\c2ccccc2)CC1)c1ccncc1. The molecule has 0 atom stereocenters. The number of amides is 2. The number of rotatable bonds is 4. The van der Waals surface area contributed by atoms with Gasteiger partial charge in [-0.2, -0.15) is 0 Å². The van der Waals surface area contributed by atoms with Gasteiger partial charge < -0.3 is 10.2 Å². The zero-order valence-electron chi connectivity index (χ0n) is 14.0. The molecule has 0 bridgehead atoms. The molecule has 1 aromatic heterocycles. The van der Waals surface area contributed by atoms with Crippen LogP contribution in [0.15, 0.2) is 60.9 Å². The Labute approximate surface area is 147 Å². The topological polar surface area (TPSA) is 62.3 Å². The third kappa shape index (κ3) is 4.76. The molecule has 5 heteroatoms. The molecule has 0 saturated carbocycles. The van der Waals surface area contributed by atoms with E-state index in [0.29, 0.717) is 18.7 Å². The summed E-state index contributed by atoms with van der Waals surface area (Å²) in [7, 11) is 0. The highest BCUT2D eigenvalue weighted by atomic mass is 16.2. The van der Waals surface area contributed by atoms with Crippen LogP contribution in [-0.2, 0) is 4.79 Å². The summed E-state index contributed by atoms with van der Waals surface area (Å²) < 4.78 is 0. The summed E-state index contributed by atoms with van der Waals surface area (Å²) in [5.74, 6) is -0.0705. The second-order valence-electron chi connectivity index (χ2n) is 6.05. The summed E-state index contributed by atoms with van der Waals surface area (Å²) in [5.41, 5.74) is 1.62. The van der Waals surface area contributed by atoms with Gasteiger partial charge in [-0.05, 0) is 36.6 Å². The molecule has 3 rings (SSSR count). The summed E-state index contributed by atoms with van der Waals surface area (Å²) in [6, 6.07) is 13.3. The lowest BCUT2D eigenvalue weighted by Gasteiger charge is -2.31. The van der Waals surface area contributed by atoms with Crippen LogP contribution in [0, 0.1) is 0 Å². The standard InChI is InChI=1S/C20H21N3O2/c24-19(7-6-16-4-2-1-3-5-16)23-14-10-18(11-15-23)22-20(25)17-8-12-21-13-9-17/h1-9,12-13,18H,10-11,14-15H2,(H,22,25)/b7-6-. The minimum absolute atomic E-state index is 0.0164. The summed E-state index contributed by atoms with van der Waals surface area (Å²) in [4.78, 5) is 30.2. The van der Waals surface area contributed by atoms with E-state index in [1.807, 2.05) is 41.3 Å². The normalized spacial score (nSPS) is 15.3. The first-order chi connectivity index (χ1) is 12.2. The Morgan fingerprint density at radius 2 is 1.72 bits per heavy atom. The van der Waals surface area contributed by atoms with Crippen LogP contribution < -0.4 is 5.32 Å². The van der Waals surface area contributed by atoms with Crippen molar-refractivity contribution in [2.24, 2.45) is 0 Å². The van der Waals surface area contributed by atoms with Crippen molar-refractivity contribution in [3.05, 3.63) is 72.1 Å². The van der Waals surface area contributed by atoms with Gasteiger partial charge in [0.25, 0.3) is 5.91 Å². The van der Waals surface area contributed by atoms with E-state index in [2.05, 4.69) is 10.3 Å². The van der Waals surface area contributed by atoms with Crippen LogP contribution in [0.4, 0.5) is 0 Å². The maximum absolute atomic E-state index is 12.3. The number of carbonyl (C=O) groups is 2. The average Bonchev–Trinajstić information content (AvgIpc) is 2.68. The van der Waals surface area contributed by atoms with Gasteiger partial charge in [-0.15, -0.1) is 0 Å². The molecule has 0 radical (unpaired) electrons. The largest absolute Gasteiger partial charge is 0.349 e. The van der Waals surface area contributed by atoms with Gasteiger partial charge in [0.2, 0.25) is 5.91 Å². The number of nitrogens with zero attached hydrogens (tertiary/aromatic N) is 2. The Morgan fingerprint density at radius 3 is 2.40 bits per heavy atom. The number of benzene rings is 1. The van der Waals surface area contributed by atoms with Gasteiger partial charge in [0.15, 0.2) is 0 Å². The number of pyridine rings is 1. The van der Waals surface area contributed by atoms with Crippen molar-refractivity contribution in [2.75, 3.05) is 13.1 Å². The van der Waals surface area contributed by atoms with Crippen molar-refractivity contribution < 1.29 is 9.59 Å². The molecule has 1 aliphatic rings. The van der Waals surface area contributed by atoms with Crippen LogP contribution in [0.5, 0.6) is 0 Å². The quantitative estimate of drug-likeness (QED) is 0.873. The molecule has 1 fully saturated rings. The maximum Gasteiger partial charge on any atom is 0.251 e. The Bertz CT molecular complexity index is 736. The Morgan fingerprint density at radius 1 is 1.04 bits per heavy atom. The van der Waals surface area contributed by atoms with E-state index in [1.54, 1.807) is 30.6 Å². The number of likely N-dealkylation sites (tertiary alicyclic amines) is 1. The maximum atomic E-state index is 12.3. The van der Waals surface area contributed by atoms with Crippen molar-refractivity contribution in [3.63, 3.8) is 0 Å². The van der Waals surface area contributed by atoms with Crippen LogP contribution in [0.2, 0.25) is 0 Å². The highest BCUT2D eigenvalue weighted by Gasteiger charge is 2.23. The minimum atomic E-state index is -0.0869. The lowest BCUT2D eigenvalue weighted by Crippen LogP contribution is -2.46. The third-order valence-electron chi connectivity index (χ3n) is 4.30. The average molecular weight is 335 g/mol. The smallest absolute Gasteiger partial charge is 0.251 e. The van der Waals surface area contributed by atoms with E-state index in [4.69, 9.17) is 0 Å². The van der Waals surface area contributed by atoms with E-state index in [-0.39, 0.29) is 17.9 Å². The molecule has 5 nitrogen and oxygen atoms in total. The number of aromatic nitrogens is 1. The molecular formula is C20H21N3O2. The predicted molar refractivity (Wildman–Crippen MR) is 96.8 cm³/mol. The monoisotopic (exact) mass is 335 g/mol. The molecule has 1 saturated heterocycles. The second kappa shape index (κ2) is 8.24. The first-order valence-corrected chi connectivity index (χ1v) is 8.45. The van der Waals surface area contributed by atoms with E-state index in [1.165, 1.54) is 0 Å². The Balaban J connectivity index is 1.47. The van der Waals surface area contributed by atoms with Crippen molar-refractivity contribution in [3.8, 4) is 0 Å². The van der Waals surface area contributed by atoms with Crippen LogP contribution in [0.3, 0.4) is 0 Å². The molecule has 0 spiro atoms. The van der Waals surface area contributed by atoms with Crippen molar-refractivity contribution >= 4 is 17.9 Å². The number of carbonyl (C=O) groups excluding carboxylic acids is 2. The summed E-state index contributed by atoms with van der Waals surface area (Å²) in [6.07, 6.45) is 8.19. The van der Waals surface area contributed by atoms with Crippen LogP contribution in [-0.4, -0.2) is 40.8 Å².